The van der Waals surface area contributed by atoms with Gasteiger partial charge in [-0.05, 0) is 6.42 Å². The smallest absolute Gasteiger partial charge is 0.0701 e. The predicted octanol–water partition coefficient (Wildman–Crippen LogP) is 0.928. The van der Waals surface area contributed by atoms with Crippen LogP contribution in [0.3, 0.4) is 0 Å². The molecule has 0 aliphatic rings. The lowest BCUT2D eigenvalue weighted by molar-refractivity contribution is -0.0274. The van der Waals surface area contributed by atoms with Crippen LogP contribution in [0, 0.1) is 0 Å². The third-order valence-corrected chi connectivity index (χ3v) is 4.62. The van der Waals surface area contributed by atoms with Gasteiger partial charge in [0.15, 0.2) is 0 Å². The van der Waals surface area contributed by atoms with Crippen molar-refractivity contribution in [3.8, 4) is 0 Å². The maximum Gasteiger partial charge on any atom is 0.0701 e. The van der Waals surface area contributed by atoms with Crippen molar-refractivity contribution in [2.75, 3.05) is 152 Å². The van der Waals surface area contributed by atoms with E-state index in [0.717, 1.165) is 19.4 Å². The number of rotatable bonds is 35. The summed E-state index contributed by atoms with van der Waals surface area (Å²) in [5.74, 6) is 0. The van der Waals surface area contributed by atoms with Crippen LogP contribution >= 0.6 is 0 Å². The van der Waals surface area contributed by atoms with Crippen molar-refractivity contribution in [2.24, 2.45) is 5.73 Å². The van der Waals surface area contributed by atoms with Gasteiger partial charge in [-0.1, -0.05) is 13.3 Å². The third kappa shape index (κ3) is 35.5. The van der Waals surface area contributed by atoms with Crippen molar-refractivity contribution < 1.29 is 52.1 Å². The van der Waals surface area contributed by atoms with Crippen molar-refractivity contribution in [1.29, 1.82) is 0 Å². The second-order valence-corrected chi connectivity index (χ2v) is 7.88. The Balaban J connectivity index is 3.01. The molecule has 12 heteroatoms. The van der Waals surface area contributed by atoms with E-state index in [9.17, 15) is 0 Å². The molecule has 2 N–H and O–H groups in total. The molecule has 0 aromatic rings. The number of hydrogen-bond acceptors (Lipinski definition) is 12. The van der Waals surface area contributed by atoms with Gasteiger partial charge in [-0.15, -0.1) is 0 Å². The normalized spacial score (nSPS) is 11.5. The van der Waals surface area contributed by atoms with Crippen molar-refractivity contribution in [3.63, 3.8) is 0 Å². The molecule has 0 rings (SSSR count). The molecule has 0 fully saturated rings. The van der Waals surface area contributed by atoms with Gasteiger partial charge in [-0.3, -0.25) is 0 Å². The highest BCUT2D eigenvalue weighted by Gasteiger charge is 1.96. The SMILES string of the molecule is CCCCOCCOCCOCCOCCOCCOCCOCCOCCOCCOCCOCCN. The summed E-state index contributed by atoms with van der Waals surface area (Å²) in [6, 6.07) is 0. The van der Waals surface area contributed by atoms with Crippen LogP contribution in [0.4, 0.5) is 0 Å². The van der Waals surface area contributed by atoms with Gasteiger partial charge in [0.05, 0.1) is 139 Å². The van der Waals surface area contributed by atoms with Gasteiger partial charge in [-0.2, -0.15) is 0 Å². The first kappa shape index (κ1) is 37.5. The Hall–Kier alpha value is -0.480. The van der Waals surface area contributed by atoms with Crippen LogP contribution < -0.4 is 5.73 Å². The number of hydrogen-bond donors (Lipinski definition) is 1. The lowest BCUT2D eigenvalue weighted by atomic mass is 10.4. The fourth-order valence-corrected chi connectivity index (χ4v) is 2.63. The minimum atomic E-state index is 0.521. The summed E-state index contributed by atoms with van der Waals surface area (Å²) in [5, 5.41) is 0. The van der Waals surface area contributed by atoms with E-state index >= 15 is 0 Å². The molecule has 0 saturated heterocycles. The molecule has 0 amide bonds. The van der Waals surface area contributed by atoms with Crippen LogP contribution in [-0.4, -0.2) is 152 Å². The molecule has 12 nitrogen and oxygen atoms in total. The first-order valence-corrected chi connectivity index (χ1v) is 14.0. The summed E-state index contributed by atoms with van der Waals surface area (Å²) in [7, 11) is 0. The summed E-state index contributed by atoms with van der Waals surface area (Å²) < 4.78 is 59.5. The largest absolute Gasteiger partial charge is 0.379 e. The average molecular weight is 558 g/mol. The monoisotopic (exact) mass is 557 g/mol. The fourth-order valence-electron chi connectivity index (χ4n) is 2.63. The van der Waals surface area contributed by atoms with Gasteiger partial charge >= 0.3 is 0 Å². The van der Waals surface area contributed by atoms with Crippen LogP contribution in [0.15, 0.2) is 0 Å². The summed E-state index contributed by atoms with van der Waals surface area (Å²) in [6.07, 6.45) is 2.24. The number of unbranched alkanes of at least 4 members (excludes halogenated alkanes) is 1. The summed E-state index contributed by atoms with van der Waals surface area (Å²) in [5.41, 5.74) is 5.32. The highest BCUT2D eigenvalue weighted by Crippen LogP contribution is 1.89. The van der Waals surface area contributed by atoms with Gasteiger partial charge < -0.3 is 57.8 Å². The lowest BCUT2D eigenvalue weighted by Crippen LogP contribution is -2.15. The van der Waals surface area contributed by atoms with Crippen LogP contribution in [0.25, 0.3) is 0 Å². The van der Waals surface area contributed by atoms with Gasteiger partial charge in [0.25, 0.3) is 0 Å². The highest BCUT2D eigenvalue weighted by atomic mass is 16.6. The maximum absolute atomic E-state index is 5.46. The summed E-state index contributed by atoms with van der Waals surface area (Å²) in [6.45, 7) is 14.9. The van der Waals surface area contributed by atoms with E-state index in [1.807, 2.05) is 0 Å². The molecule has 230 valence electrons. The molecule has 0 saturated carbocycles. The first-order valence-electron chi connectivity index (χ1n) is 14.0. The minimum Gasteiger partial charge on any atom is -0.379 e. The fraction of sp³-hybridized carbons (Fsp3) is 1.00. The number of ether oxygens (including phenoxy) is 11. The molecule has 0 unspecified atom stereocenters. The van der Waals surface area contributed by atoms with Crippen molar-refractivity contribution in [1.82, 2.24) is 0 Å². The maximum atomic E-state index is 5.46. The van der Waals surface area contributed by atoms with Crippen LogP contribution in [0.2, 0.25) is 0 Å². The molecule has 0 atom stereocenters. The van der Waals surface area contributed by atoms with Crippen molar-refractivity contribution in [3.05, 3.63) is 0 Å². The standard InChI is InChI=1S/C26H55NO11/c1-2-3-5-28-7-9-30-11-13-32-15-17-34-19-21-36-23-25-38-26-24-37-22-20-35-18-16-33-14-12-31-10-8-29-6-4-27/h2-27H2,1H3. The van der Waals surface area contributed by atoms with Crippen molar-refractivity contribution >= 4 is 0 Å². The zero-order chi connectivity index (χ0) is 27.5. The Morgan fingerprint density at radius 2 is 0.474 bits per heavy atom. The topological polar surface area (TPSA) is 128 Å². The van der Waals surface area contributed by atoms with Crippen LogP contribution in [0.1, 0.15) is 19.8 Å². The third-order valence-electron chi connectivity index (χ3n) is 4.62. The molecular formula is C26H55NO11. The van der Waals surface area contributed by atoms with Gasteiger partial charge in [0.2, 0.25) is 0 Å². The van der Waals surface area contributed by atoms with Gasteiger partial charge in [0.1, 0.15) is 0 Å². The van der Waals surface area contributed by atoms with Crippen molar-refractivity contribution in [2.45, 2.75) is 19.8 Å². The molecule has 0 aromatic heterocycles. The van der Waals surface area contributed by atoms with E-state index in [4.69, 9.17) is 57.8 Å². The molecular weight excluding hydrogens is 502 g/mol. The van der Waals surface area contributed by atoms with E-state index < -0.39 is 0 Å². The minimum absolute atomic E-state index is 0.521. The van der Waals surface area contributed by atoms with E-state index in [1.165, 1.54) is 0 Å². The molecule has 0 aliphatic carbocycles. The second kappa shape index (κ2) is 36.5. The Morgan fingerprint density at radius 3 is 0.658 bits per heavy atom. The molecule has 0 radical (unpaired) electrons. The molecule has 0 spiro atoms. The van der Waals surface area contributed by atoms with E-state index in [1.54, 1.807) is 0 Å². The molecule has 0 aromatic carbocycles. The highest BCUT2D eigenvalue weighted by molar-refractivity contribution is 4.39. The van der Waals surface area contributed by atoms with Crippen LogP contribution in [0.5, 0.6) is 0 Å². The molecule has 0 bridgehead atoms. The number of nitrogens with two attached hydrogens (primary N) is 1. The molecule has 0 heterocycles. The van der Waals surface area contributed by atoms with Gasteiger partial charge in [-0.25, -0.2) is 0 Å². The Labute approximate surface area is 229 Å². The van der Waals surface area contributed by atoms with E-state index in [2.05, 4.69) is 6.92 Å². The van der Waals surface area contributed by atoms with Crippen LogP contribution in [-0.2, 0) is 52.1 Å². The Kier molecular flexibility index (Phi) is 36.1. The zero-order valence-corrected chi connectivity index (χ0v) is 23.7. The molecule has 0 aliphatic heterocycles. The second-order valence-electron chi connectivity index (χ2n) is 7.88. The van der Waals surface area contributed by atoms with E-state index in [0.29, 0.717) is 145 Å². The predicted molar refractivity (Wildman–Crippen MR) is 143 cm³/mol. The van der Waals surface area contributed by atoms with E-state index in [-0.39, 0.29) is 0 Å². The quantitative estimate of drug-likeness (QED) is 0.111. The molecule has 38 heavy (non-hydrogen) atoms. The Morgan fingerprint density at radius 1 is 0.289 bits per heavy atom. The summed E-state index contributed by atoms with van der Waals surface area (Å²) in [4.78, 5) is 0. The zero-order valence-electron chi connectivity index (χ0n) is 23.7. The average Bonchev–Trinajstić information content (AvgIpc) is 2.93. The van der Waals surface area contributed by atoms with Gasteiger partial charge in [0, 0.05) is 13.2 Å². The Bertz CT molecular complexity index is 375. The first-order chi connectivity index (χ1) is 18.9. The lowest BCUT2D eigenvalue weighted by Gasteiger charge is -2.09. The summed E-state index contributed by atoms with van der Waals surface area (Å²) >= 11 is 0.